The molecule has 3 aromatic heterocycles. The summed E-state index contributed by atoms with van der Waals surface area (Å²) in [4.78, 5) is 16.5. The lowest BCUT2D eigenvalue weighted by Crippen LogP contribution is -2.22. The van der Waals surface area contributed by atoms with Crippen LogP contribution in [0.5, 0.6) is 0 Å². The Hall–Kier alpha value is -2.57. The molecular weight excluding hydrogens is 280 g/mol. The monoisotopic (exact) mass is 296 g/mol. The Bertz CT molecular complexity index is 923. The first-order valence-corrected chi connectivity index (χ1v) is 7.56. The second-order valence-electron chi connectivity index (χ2n) is 5.58. The van der Waals surface area contributed by atoms with Crippen molar-refractivity contribution in [2.45, 2.75) is 38.6 Å². The summed E-state index contributed by atoms with van der Waals surface area (Å²) in [5.41, 5.74) is 2.30. The molecule has 7 heteroatoms. The van der Waals surface area contributed by atoms with Gasteiger partial charge in [-0.1, -0.05) is 11.6 Å². The molecule has 0 spiro atoms. The minimum absolute atomic E-state index is 0.126. The fourth-order valence-electron chi connectivity index (χ4n) is 2.96. The van der Waals surface area contributed by atoms with Gasteiger partial charge in [-0.3, -0.25) is 4.79 Å². The predicted octanol–water partition coefficient (Wildman–Crippen LogP) is 1.72. The lowest BCUT2D eigenvalue weighted by Gasteiger charge is -2.13. The quantitative estimate of drug-likeness (QED) is 0.688. The lowest BCUT2D eigenvalue weighted by atomic mass is 9.97. The topological polar surface area (TPSA) is 78.0 Å². The maximum atomic E-state index is 12.5. The van der Waals surface area contributed by atoms with Crippen LogP contribution in [0.3, 0.4) is 0 Å². The van der Waals surface area contributed by atoms with Gasteiger partial charge in [0.1, 0.15) is 11.8 Å². The zero-order valence-electron chi connectivity index (χ0n) is 12.1. The molecule has 3 heterocycles. The van der Waals surface area contributed by atoms with Crippen molar-refractivity contribution in [3.05, 3.63) is 40.6 Å². The van der Waals surface area contributed by atoms with Gasteiger partial charge in [0, 0.05) is 12.7 Å². The van der Waals surface area contributed by atoms with Crippen molar-refractivity contribution in [1.29, 1.82) is 0 Å². The Balaban J connectivity index is 1.70. The van der Waals surface area contributed by atoms with E-state index in [1.54, 1.807) is 10.8 Å². The van der Waals surface area contributed by atoms with Gasteiger partial charge in [-0.2, -0.15) is 14.6 Å². The summed E-state index contributed by atoms with van der Waals surface area (Å²) in [7, 11) is 0. The summed E-state index contributed by atoms with van der Waals surface area (Å²) in [6, 6.07) is 1.85. The Kier molecular flexibility index (Phi) is 3.17. The normalized spacial score (nSPS) is 15.4. The van der Waals surface area contributed by atoms with Crippen LogP contribution in [0, 0.1) is 0 Å². The zero-order chi connectivity index (χ0) is 14.9. The van der Waals surface area contributed by atoms with Crippen LogP contribution >= 0.6 is 0 Å². The van der Waals surface area contributed by atoms with Gasteiger partial charge in [0.2, 0.25) is 0 Å². The van der Waals surface area contributed by atoms with Crippen LogP contribution in [0.2, 0.25) is 0 Å². The second-order valence-corrected chi connectivity index (χ2v) is 5.58. The third-order valence-corrected chi connectivity index (χ3v) is 4.17. The maximum Gasteiger partial charge on any atom is 0.280 e. The molecule has 0 saturated carbocycles. The van der Waals surface area contributed by atoms with Crippen molar-refractivity contribution < 1.29 is 0 Å². The van der Waals surface area contributed by atoms with E-state index < -0.39 is 0 Å². The van der Waals surface area contributed by atoms with Crippen LogP contribution in [0.1, 0.15) is 32.1 Å². The zero-order valence-corrected chi connectivity index (χ0v) is 12.1. The Morgan fingerprint density at radius 2 is 2.18 bits per heavy atom. The average Bonchev–Trinajstić information content (AvgIpc) is 3.04. The predicted molar refractivity (Wildman–Crippen MR) is 81.5 cm³/mol. The minimum atomic E-state index is -0.126. The van der Waals surface area contributed by atoms with Crippen molar-refractivity contribution in [3.63, 3.8) is 0 Å². The van der Waals surface area contributed by atoms with Crippen molar-refractivity contribution >= 4 is 16.8 Å². The Labute approximate surface area is 126 Å². The van der Waals surface area contributed by atoms with E-state index in [9.17, 15) is 4.79 Å². The largest absolute Gasteiger partial charge is 0.313 e. The van der Waals surface area contributed by atoms with Crippen LogP contribution in [0.25, 0.3) is 16.8 Å². The molecule has 1 aliphatic rings. The third-order valence-electron chi connectivity index (χ3n) is 4.17. The second kappa shape index (κ2) is 5.32. The van der Waals surface area contributed by atoms with E-state index in [0.717, 1.165) is 19.3 Å². The number of hydrogen-bond acceptors (Lipinski definition) is 5. The van der Waals surface area contributed by atoms with Crippen LogP contribution in [0.15, 0.2) is 35.0 Å². The van der Waals surface area contributed by atoms with Crippen molar-refractivity contribution in [3.8, 4) is 0 Å². The Morgan fingerprint density at radius 3 is 3.05 bits per heavy atom. The van der Waals surface area contributed by atoms with E-state index in [1.165, 1.54) is 29.3 Å². The molecule has 0 N–H and O–H groups in total. The third kappa shape index (κ3) is 2.18. The summed E-state index contributed by atoms with van der Waals surface area (Å²) in [5, 5.41) is 12.0. The van der Waals surface area contributed by atoms with E-state index in [4.69, 9.17) is 0 Å². The molecule has 0 fully saturated rings. The fraction of sp³-hybridized carbons (Fsp3) is 0.400. The molecular formula is C15H16N6O. The fourth-order valence-corrected chi connectivity index (χ4v) is 2.96. The molecule has 1 aliphatic carbocycles. The standard InChI is InChI=1S/C15H16N6O/c22-14-13-12(21-15(19-18-13)16-10-17-21)7-9-20(14)8-6-11-4-2-1-3-5-11/h4,7,9-10H,1-3,5-6,8H2. The number of fused-ring (bicyclic) bond motifs is 3. The summed E-state index contributed by atoms with van der Waals surface area (Å²) in [5.74, 6) is 0.400. The van der Waals surface area contributed by atoms with Crippen LogP contribution in [-0.2, 0) is 6.54 Å². The lowest BCUT2D eigenvalue weighted by molar-refractivity contribution is 0.615. The molecule has 0 atom stereocenters. The average molecular weight is 296 g/mol. The SMILES string of the molecule is O=c1c2nnc3ncnn3c2ccn1CCC1=CCCCC1. The van der Waals surface area contributed by atoms with Gasteiger partial charge in [0.05, 0.1) is 0 Å². The van der Waals surface area contributed by atoms with Gasteiger partial charge in [0.15, 0.2) is 5.52 Å². The smallest absolute Gasteiger partial charge is 0.280 e. The number of aryl methyl sites for hydroxylation is 1. The molecule has 112 valence electrons. The highest BCUT2D eigenvalue weighted by Crippen LogP contribution is 2.20. The van der Waals surface area contributed by atoms with E-state index in [-0.39, 0.29) is 5.56 Å². The first-order valence-electron chi connectivity index (χ1n) is 7.56. The number of hydrogen-bond donors (Lipinski definition) is 0. The highest BCUT2D eigenvalue weighted by atomic mass is 16.1. The molecule has 0 radical (unpaired) electrons. The minimum Gasteiger partial charge on any atom is -0.313 e. The van der Waals surface area contributed by atoms with Crippen molar-refractivity contribution in [1.82, 2.24) is 29.4 Å². The Morgan fingerprint density at radius 1 is 1.23 bits per heavy atom. The molecule has 4 rings (SSSR count). The van der Waals surface area contributed by atoms with Gasteiger partial charge in [-0.25, -0.2) is 0 Å². The molecule has 22 heavy (non-hydrogen) atoms. The van der Waals surface area contributed by atoms with Gasteiger partial charge in [-0.05, 0) is 38.2 Å². The summed E-state index contributed by atoms with van der Waals surface area (Å²) in [6.07, 6.45) is 11.3. The maximum absolute atomic E-state index is 12.5. The van der Waals surface area contributed by atoms with Gasteiger partial charge in [0.25, 0.3) is 11.3 Å². The molecule has 0 aromatic carbocycles. The van der Waals surface area contributed by atoms with Crippen molar-refractivity contribution in [2.75, 3.05) is 0 Å². The number of nitrogens with zero attached hydrogens (tertiary/aromatic N) is 6. The first-order chi connectivity index (χ1) is 10.8. The number of rotatable bonds is 3. The molecule has 0 saturated heterocycles. The molecule has 0 bridgehead atoms. The highest BCUT2D eigenvalue weighted by molar-refractivity contribution is 5.74. The molecule has 3 aromatic rings. The van der Waals surface area contributed by atoms with Crippen LogP contribution in [0.4, 0.5) is 0 Å². The number of pyridine rings is 1. The van der Waals surface area contributed by atoms with Gasteiger partial charge in [-0.15, -0.1) is 10.2 Å². The van der Waals surface area contributed by atoms with Gasteiger partial charge >= 0.3 is 0 Å². The van der Waals surface area contributed by atoms with Gasteiger partial charge < -0.3 is 4.57 Å². The molecule has 0 amide bonds. The van der Waals surface area contributed by atoms with Crippen LogP contribution in [-0.4, -0.2) is 29.4 Å². The summed E-state index contributed by atoms with van der Waals surface area (Å²) < 4.78 is 3.24. The molecule has 0 unspecified atom stereocenters. The summed E-state index contributed by atoms with van der Waals surface area (Å²) in [6.45, 7) is 0.678. The molecule has 7 nitrogen and oxygen atoms in total. The van der Waals surface area contributed by atoms with E-state index >= 15 is 0 Å². The number of allylic oxidation sites excluding steroid dienone is 2. The van der Waals surface area contributed by atoms with Crippen molar-refractivity contribution in [2.24, 2.45) is 0 Å². The van der Waals surface area contributed by atoms with Crippen LogP contribution < -0.4 is 5.56 Å². The summed E-state index contributed by atoms with van der Waals surface area (Å²) >= 11 is 0. The van der Waals surface area contributed by atoms with E-state index in [2.05, 4.69) is 26.4 Å². The number of aromatic nitrogens is 6. The highest BCUT2D eigenvalue weighted by Gasteiger charge is 2.11. The first kappa shape index (κ1) is 13.1. The van der Waals surface area contributed by atoms with E-state index in [1.807, 2.05) is 6.07 Å². The molecule has 0 aliphatic heterocycles. The van der Waals surface area contributed by atoms with E-state index in [0.29, 0.717) is 23.4 Å².